The molecule has 3 aliphatic rings. The van der Waals surface area contributed by atoms with Crippen molar-refractivity contribution in [2.24, 2.45) is 57.5 Å². The van der Waals surface area contributed by atoms with Crippen molar-refractivity contribution in [3.8, 4) is 23.3 Å². The minimum atomic E-state index is -1.03. The van der Waals surface area contributed by atoms with Gasteiger partial charge < -0.3 is 4.74 Å². The van der Waals surface area contributed by atoms with Gasteiger partial charge in [-0.2, -0.15) is 20.2 Å². The molecule has 0 radical (unpaired) electrons. The van der Waals surface area contributed by atoms with Crippen LogP contribution in [0.1, 0.15) is 137 Å². The molecule has 456 valence electrons. The van der Waals surface area contributed by atoms with Crippen molar-refractivity contribution in [3.05, 3.63) is 134 Å². The number of aromatic nitrogens is 6. The van der Waals surface area contributed by atoms with E-state index in [1.807, 2.05) is 27.0 Å². The van der Waals surface area contributed by atoms with E-state index in [2.05, 4.69) is 66.5 Å². The maximum absolute atomic E-state index is 14.4. The summed E-state index contributed by atoms with van der Waals surface area (Å²) in [6, 6.07) is 12.4. The van der Waals surface area contributed by atoms with E-state index in [-0.39, 0.29) is 88.2 Å². The molecular weight excluding hydrogens is 1120 g/mol. The third-order valence-electron chi connectivity index (χ3n) is 16.9. The Kier molecular flexibility index (Phi) is 19.0. The Balaban J connectivity index is 0.000000254. The van der Waals surface area contributed by atoms with Crippen LogP contribution >= 0.6 is 0 Å². The quantitative estimate of drug-likeness (QED) is 0.0544. The number of aliphatic imine (C=N–C) groups is 5. The van der Waals surface area contributed by atoms with Gasteiger partial charge in [0.15, 0.2) is 0 Å². The van der Waals surface area contributed by atoms with E-state index < -0.39 is 50.4 Å². The van der Waals surface area contributed by atoms with Crippen LogP contribution in [-0.2, 0) is 48.3 Å². The summed E-state index contributed by atoms with van der Waals surface area (Å²) in [5.74, 6) is 0. The van der Waals surface area contributed by atoms with Gasteiger partial charge in [0.25, 0.3) is 6.26 Å². The molecule has 3 aromatic carbocycles. The van der Waals surface area contributed by atoms with Crippen molar-refractivity contribution < 1.29 is 28.7 Å². The van der Waals surface area contributed by atoms with Gasteiger partial charge in [-0.3, -0.25) is 0 Å². The summed E-state index contributed by atoms with van der Waals surface area (Å²) < 4.78 is 11.2. The number of hydrogen-bond donors (Lipinski definition) is 0. The highest BCUT2D eigenvalue weighted by Crippen LogP contribution is 2.50. The van der Waals surface area contributed by atoms with Gasteiger partial charge in [-0.15, -0.1) is 0 Å². The average Bonchev–Trinajstić information content (AvgIpc) is 0.781. The number of isocyanates is 5. The van der Waals surface area contributed by atoms with Crippen molar-refractivity contribution in [1.29, 1.82) is 5.26 Å². The Morgan fingerprint density at radius 1 is 0.437 bits per heavy atom. The van der Waals surface area contributed by atoms with Crippen molar-refractivity contribution >= 4 is 47.5 Å². The van der Waals surface area contributed by atoms with Crippen LogP contribution in [0.25, 0.3) is 17.1 Å². The van der Waals surface area contributed by atoms with E-state index in [1.165, 1.54) is 68.3 Å². The zero-order valence-electron chi connectivity index (χ0n) is 51.2. The highest BCUT2D eigenvalue weighted by Gasteiger charge is 2.47. The molecule has 3 aliphatic carbocycles. The van der Waals surface area contributed by atoms with Crippen LogP contribution in [0.2, 0.25) is 0 Å². The first-order valence-electron chi connectivity index (χ1n) is 28.5. The van der Waals surface area contributed by atoms with Crippen molar-refractivity contribution in [2.75, 3.05) is 0 Å². The van der Waals surface area contributed by atoms with Crippen LogP contribution < -0.4 is 34.1 Å². The second kappa shape index (κ2) is 25.3. The van der Waals surface area contributed by atoms with E-state index in [0.29, 0.717) is 74.5 Å². The normalized spacial score (nSPS) is 23.2. The Hall–Kier alpha value is -9.33. The van der Waals surface area contributed by atoms with Gasteiger partial charge in [0, 0.05) is 19.6 Å². The van der Waals surface area contributed by atoms with Crippen molar-refractivity contribution in [3.63, 3.8) is 0 Å². The zero-order chi connectivity index (χ0) is 64.2. The van der Waals surface area contributed by atoms with Crippen LogP contribution in [0.15, 0.2) is 108 Å². The Labute approximate surface area is 500 Å². The number of carbonyl (C=O) groups excluding carboxylic acids is 5. The molecule has 0 aliphatic heterocycles. The standard InChI is InChI=1S/C36H54N6O6.C27H18N6O6/c1-31(2)10-25(38-23-43)12-34(7,16-31)19-40-28(45)41(20-35(8)13-26(39-24-44)11-32(3,4)17-35)30(47)42(29(40)46)21-36(9)15-27(48-22-37)14-33(5,6)18-36;1-16-4-7-19(10-22(16)28-13-34)31-25(37)32(20-8-5-17(2)23(11-20)29-14-35)27(39)33(26(31)38)21-9-6-18(3)24(12-21)30-15-36/h25-27H,10-21H2,1-9H3;4-12H,1-3H3. The molecule has 0 saturated heterocycles. The molecule has 6 unspecified atom stereocenters. The fraction of sp³-hybridized carbons (Fsp3) is 0.524. The number of benzene rings is 3. The Bertz CT molecular complexity index is 3880. The first kappa shape index (κ1) is 65.2. The smallest absolute Gasteiger partial charge is 0.345 e. The number of aryl methyl sites for hydroxylation is 3. The molecular formula is C63H72N12O12. The number of ether oxygens (including phenoxy) is 1. The van der Waals surface area contributed by atoms with Gasteiger partial charge in [0.05, 0.1) is 46.2 Å². The average molecular weight is 1190 g/mol. The predicted octanol–water partition coefficient (Wildman–Crippen LogP) is 8.06. The molecule has 5 aromatic rings. The summed E-state index contributed by atoms with van der Waals surface area (Å²) in [4.78, 5) is 159. The van der Waals surface area contributed by atoms with Gasteiger partial charge in [-0.25, -0.2) is 90.1 Å². The summed E-state index contributed by atoms with van der Waals surface area (Å²) in [6.45, 7) is 23.8. The molecule has 87 heavy (non-hydrogen) atoms. The van der Waals surface area contributed by atoms with Gasteiger partial charge in [0.2, 0.25) is 30.4 Å². The molecule has 3 fully saturated rings. The first-order valence-corrected chi connectivity index (χ1v) is 28.5. The van der Waals surface area contributed by atoms with Gasteiger partial charge in [0.1, 0.15) is 6.10 Å². The Morgan fingerprint density at radius 2 is 0.736 bits per heavy atom. The molecule has 24 heteroatoms. The molecule has 8 rings (SSSR count). The third kappa shape index (κ3) is 14.7. The lowest BCUT2D eigenvalue weighted by atomic mass is 9.62. The van der Waals surface area contributed by atoms with Crippen LogP contribution in [0.5, 0.6) is 0 Å². The van der Waals surface area contributed by atoms with Crippen molar-refractivity contribution in [2.45, 2.75) is 179 Å². The molecule has 2 aromatic heterocycles. The van der Waals surface area contributed by atoms with E-state index in [0.717, 1.165) is 13.7 Å². The molecule has 0 N–H and O–H groups in total. The number of nitrogens with zero attached hydrogens (tertiary/aromatic N) is 12. The summed E-state index contributed by atoms with van der Waals surface area (Å²) >= 11 is 0. The molecule has 0 bridgehead atoms. The molecule has 6 atom stereocenters. The van der Waals surface area contributed by atoms with E-state index in [4.69, 9.17) is 4.74 Å². The monoisotopic (exact) mass is 1190 g/mol. The largest absolute Gasteiger partial charge is 0.424 e. The minimum absolute atomic E-state index is 0.0172. The zero-order valence-corrected chi connectivity index (χ0v) is 51.2. The molecule has 2 heterocycles. The lowest BCUT2D eigenvalue weighted by Gasteiger charge is -2.46. The first-order chi connectivity index (χ1) is 40.8. The maximum atomic E-state index is 14.4. The van der Waals surface area contributed by atoms with Crippen molar-refractivity contribution in [1.82, 2.24) is 27.4 Å². The Morgan fingerprint density at radius 3 is 1.02 bits per heavy atom. The fourth-order valence-corrected chi connectivity index (χ4v) is 14.7. The summed E-state index contributed by atoms with van der Waals surface area (Å²) in [7, 11) is 0. The van der Waals surface area contributed by atoms with E-state index >= 15 is 0 Å². The minimum Gasteiger partial charge on any atom is -0.424 e. The van der Waals surface area contributed by atoms with Crippen LogP contribution in [-0.4, -0.2) is 76.0 Å². The second-order valence-corrected chi connectivity index (χ2v) is 27.2. The summed E-state index contributed by atoms with van der Waals surface area (Å²) in [6.07, 6.45) is 14.7. The van der Waals surface area contributed by atoms with Crippen LogP contribution in [0.4, 0.5) is 17.1 Å². The molecule has 24 nitrogen and oxygen atoms in total. The molecule has 0 spiro atoms. The SMILES string of the molecule is CC1(C)CC(N=C=O)CC(C)(Cn2c(=O)n(CC3(C)CC(N=C=O)CC(C)(C)C3)c(=O)n(CC3(C)CC(OC#N)CC(C)(C)C3)c2=O)C1.Cc1ccc(-n2c(=O)n(-c3ccc(C)c(N=C=O)c3)c(=O)n(-c3ccc(C)c(N=C=O)c3)c2=O)cc1N=C=O. The van der Waals surface area contributed by atoms with E-state index in [1.54, 1.807) is 51.1 Å². The van der Waals surface area contributed by atoms with Crippen LogP contribution in [0.3, 0.4) is 0 Å². The highest BCUT2D eigenvalue weighted by atomic mass is 16.5. The van der Waals surface area contributed by atoms with Crippen LogP contribution in [0, 0.1) is 64.8 Å². The number of nitriles is 1. The molecule has 3 saturated carbocycles. The fourth-order valence-electron chi connectivity index (χ4n) is 14.7. The third-order valence-corrected chi connectivity index (χ3v) is 16.9. The van der Waals surface area contributed by atoms with Gasteiger partial charge >= 0.3 is 34.1 Å². The second-order valence-electron chi connectivity index (χ2n) is 27.2. The summed E-state index contributed by atoms with van der Waals surface area (Å²) in [5.41, 5.74) is -5.17. The van der Waals surface area contributed by atoms with Gasteiger partial charge in [-0.05, 0) is 164 Å². The maximum Gasteiger partial charge on any atom is 0.345 e. The summed E-state index contributed by atoms with van der Waals surface area (Å²) in [5, 5.41) is 9.30. The van der Waals surface area contributed by atoms with E-state index in [9.17, 15) is 58.0 Å². The number of rotatable bonds is 15. The highest BCUT2D eigenvalue weighted by molar-refractivity contribution is 5.60. The lowest BCUT2D eigenvalue weighted by molar-refractivity contribution is -0.0206. The molecule has 0 amide bonds. The predicted molar refractivity (Wildman–Crippen MR) is 322 cm³/mol. The topological polar surface area (TPSA) is 312 Å². The lowest BCUT2D eigenvalue weighted by Crippen LogP contribution is -2.59. The number of hydrogen-bond acceptors (Lipinski definition) is 18. The van der Waals surface area contributed by atoms with Gasteiger partial charge in [-0.1, -0.05) is 80.5 Å².